The molecule has 1 rings (SSSR count). The highest BCUT2D eigenvalue weighted by atomic mass is 35.5. The summed E-state index contributed by atoms with van der Waals surface area (Å²) in [6.45, 7) is 4.12. The summed E-state index contributed by atoms with van der Waals surface area (Å²) >= 11 is 6.01. The second-order valence-corrected chi connectivity index (χ2v) is 5.37. The molecule has 0 aliphatic heterocycles. The van der Waals surface area contributed by atoms with Crippen molar-refractivity contribution in [1.82, 2.24) is 5.32 Å². The fraction of sp³-hybridized carbons (Fsp3) is 0.467. The van der Waals surface area contributed by atoms with E-state index in [1.165, 1.54) is 26.4 Å². The number of rotatable bonds is 7. The Morgan fingerprint density at radius 3 is 2.45 bits per heavy atom. The smallest absolute Gasteiger partial charge is 0.338 e. The van der Waals surface area contributed by atoms with Gasteiger partial charge in [0.05, 0.1) is 24.8 Å². The number of carbonyl (C=O) groups is 2. The highest BCUT2D eigenvalue weighted by molar-refractivity contribution is 6.32. The number of amides is 1. The van der Waals surface area contributed by atoms with Gasteiger partial charge in [-0.25, -0.2) is 4.79 Å². The lowest BCUT2D eigenvalue weighted by molar-refractivity contribution is -0.124. The molecule has 0 radical (unpaired) electrons. The van der Waals surface area contributed by atoms with E-state index in [9.17, 15) is 9.59 Å². The minimum atomic E-state index is -0.664. The molecule has 0 fully saturated rings. The molecule has 0 atom stereocenters. The standard InChI is InChI=1S/C15H20ClNO5/c1-9(2)7-17-13(18)8-22-15(19)10-5-11(16)14(21-4)12(6-10)20-3/h5-6,9H,7-8H2,1-4H3,(H,17,18). The highest BCUT2D eigenvalue weighted by Crippen LogP contribution is 2.36. The quantitative estimate of drug-likeness (QED) is 0.777. The SMILES string of the molecule is COc1cc(C(=O)OCC(=O)NCC(C)C)cc(Cl)c1OC. The van der Waals surface area contributed by atoms with Crippen LogP contribution in [0.2, 0.25) is 5.02 Å². The van der Waals surface area contributed by atoms with Gasteiger partial charge in [0, 0.05) is 6.54 Å². The van der Waals surface area contributed by atoms with Crippen molar-refractivity contribution in [2.24, 2.45) is 5.92 Å². The van der Waals surface area contributed by atoms with Gasteiger partial charge in [-0.15, -0.1) is 0 Å². The maximum absolute atomic E-state index is 12.0. The summed E-state index contributed by atoms with van der Waals surface area (Å²) < 4.78 is 15.1. The Kier molecular flexibility index (Phi) is 6.98. The average Bonchev–Trinajstić information content (AvgIpc) is 2.49. The number of halogens is 1. The third-order valence-corrected chi connectivity index (χ3v) is 2.99. The number of benzene rings is 1. The van der Waals surface area contributed by atoms with Crippen molar-refractivity contribution < 1.29 is 23.8 Å². The summed E-state index contributed by atoms with van der Waals surface area (Å²) in [5, 5.41) is 2.87. The van der Waals surface area contributed by atoms with Crippen LogP contribution in [0.3, 0.4) is 0 Å². The molecule has 0 aromatic heterocycles. The van der Waals surface area contributed by atoms with Gasteiger partial charge in [-0.1, -0.05) is 25.4 Å². The number of hydrogen-bond donors (Lipinski definition) is 1. The van der Waals surface area contributed by atoms with Gasteiger partial charge in [0.2, 0.25) is 0 Å². The summed E-state index contributed by atoms with van der Waals surface area (Å²) in [6, 6.07) is 2.84. The molecule has 22 heavy (non-hydrogen) atoms. The van der Waals surface area contributed by atoms with Crippen LogP contribution in [-0.4, -0.2) is 39.2 Å². The zero-order valence-electron chi connectivity index (χ0n) is 13.1. The van der Waals surface area contributed by atoms with Gasteiger partial charge in [-0.3, -0.25) is 4.79 Å². The summed E-state index contributed by atoms with van der Waals surface area (Å²) in [5.74, 6) is -0.0536. The zero-order valence-corrected chi connectivity index (χ0v) is 13.8. The molecule has 0 aliphatic carbocycles. The van der Waals surface area contributed by atoms with E-state index in [1.54, 1.807) is 0 Å². The number of carbonyl (C=O) groups excluding carboxylic acids is 2. The van der Waals surface area contributed by atoms with E-state index in [2.05, 4.69) is 5.32 Å². The van der Waals surface area contributed by atoms with Crippen molar-refractivity contribution in [2.45, 2.75) is 13.8 Å². The van der Waals surface area contributed by atoms with Gasteiger partial charge in [-0.05, 0) is 18.1 Å². The van der Waals surface area contributed by atoms with Crippen LogP contribution in [0.5, 0.6) is 11.5 Å². The minimum absolute atomic E-state index is 0.180. The molecule has 1 aromatic rings. The van der Waals surface area contributed by atoms with Gasteiger partial charge >= 0.3 is 5.97 Å². The molecule has 0 unspecified atom stereocenters. The topological polar surface area (TPSA) is 73.9 Å². The van der Waals surface area contributed by atoms with Crippen molar-refractivity contribution in [3.8, 4) is 11.5 Å². The molecule has 1 N–H and O–H groups in total. The highest BCUT2D eigenvalue weighted by Gasteiger charge is 2.17. The molecule has 0 spiro atoms. The van der Waals surface area contributed by atoms with Gasteiger partial charge < -0.3 is 19.5 Å². The van der Waals surface area contributed by atoms with E-state index < -0.39 is 5.97 Å². The lowest BCUT2D eigenvalue weighted by Crippen LogP contribution is -2.31. The summed E-state index contributed by atoms with van der Waals surface area (Å²) in [7, 11) is 2.88. The van der Waals surface area contributed by atoms with Crippen molar-refractivity contribution in [1.29, 1.82) is 0 Å². The van der Waals surface area contributed by atoms with Crippen molar-refractivity contribution in [3.05, 3.63) is 22.7 Å². The lowest BCUT2D eigenvalue weighted by Gasteiger charge is -2.12. The first-order valence-electron chi connectivity index (χ1n) is 6.74. The summed E-state index contributed by atoms with van der Waals surface area (Å²) in [4.78, 5) is 23.5. The van der Waals surface area contributed by atoms with Gasteiger partial charge in [0.15, 0.2) is 18.1 Å². The third-order valence-electron chi connectivity index (χ3n) is 2.71. The van der Waals surface area contributed by atoms with Crippen LogP contribution in [0.15, 0.2) is 12.1 Å². The Morgan fingerprint density at radius 1 is 1.23 bits per heavy atom. The summed E-state index contributed by atoms with van der Waals surface area (Å²) in [6.07, 6.45) is 0. The third kappa shape index (κ3) is 5.11. The fourth-order valence-corrected chi connectivity index (χ4v) is 1.91. The Hall–Kier alpha value is -1.95. The van der Waals surface area contributed by atoms with E-state index in [0.717, 1.165) is 0 Å². The number of methoxy groups -OCH3 is 2. The molecule has 7 heteroatoms. The molecular formula is C15H20ClNO5. The molecule has 6 nitrogen and oxygen atoms in total. The average molecular weight is 330 g/mol. The van der Waals surface area contributed by atoms with Crippen LogP contribution in [0.25, 0.3) is 0 Å². The first kappa shape index (κ1) is 18.1. The van der Waals surface area contributed by atoms with Crippen molar-refractivity contribution in [2.75, 3.05) is 27.4 Å². The predicted molar refractivity (Wildman–Crippen MR) is 82.7 cm³/mol. The van der Waals surface area contributed by atoms with E-state index in [-0.39, 0.29) is 23.1 Å². The number of esters is 1. The lowest BCUT2D eigenvalue weighted by atomic mass is 10.2. The van der Waals surface area contributed by atoms with Crippen LogP contribution in [0.4, 0.5) is 0 Å². The molecule has 0 saturated carbocycles. The second kappa shape index (κ2) is 8.48. The first-order valence-corrected chi connectivity index (χ1v) is 7.12. The van der Waals surface area contributed by atoms with Crippen LogP contribution in [0, 0.1) is 5.92 Å². The van der Waals surface area contributed by atoms with Gasteiger partial charge in [-0.2, -0.15) is 0 Å². The van der Waals surface area contributed by atoms with E-state index >= 15 is 0 Å². The largest absolute Gasteiger partial charge is 0.493 e. The predicted octanol–water partition coefficient (Wildman–Crippen LogP) is 2.29. The molecule has 0 saturated heterocycles. The van der Waals surface area contributed by atoms with Crippen LogP contribution >= 0.6 is 11.6 Å². The molecular weight excluding hydrogens is 310 g/mol. The Morgan fingerprint density at radius 2 is 1.91 bits per heavy atom. The minimum Gasteiger partial charge on any atom is -0.493 e. The van der Waals surface area contributed by atoms with E-state index in [4.69, 9.17) is 25.8 Å². The van der Waals surface area contributed by atoms with Crippen molar-refractivity contribution >= 4 is 23.5 Å². The zero-order chi connectivity index (χ0) is 16.7. The monoisotopic (exact) mass is 329 g/mol. The maximum atomic E-state index is 12.0. The van der Waals surface area contributed by atoms with E-state index in [1.807, 2.05) is 13.8 Å². The molecule has 1 aromatic carbocycles. The fourth-order valence-electron chi connectivity index (χ4n) is 1.62. The van der Waals surface area contributed by atoms with Crippen molar-refractivity contribution in [3.63, 3.8) is 0 Å². The second-order valence-electron chi connectivity index (χ2n) is 4.97. The summed E-state index contributed by atoms with van der Waals surface area (Å²) in [5.41, 5.74) is 0.180. The number of nitrogens with one attached hydrogen (secondary N) is 1. The molecule has 0 aliphatic rings. The van der Waals surface area contributed by atoms with E-state index in [0.29, 0.717) is 24.0 Å². The number of ether oxygens (including phenoxy) is 3. The number of hydrogen-bond acceptors (Lipinski definition) is 5. The first-order chi connectivity index (χ1) is 10.4. The van der Waals surface area contributed by atoms with Crippen LogP contribution in [-0.2, 0) is 9.53 Å². The Bertz CT molecular complexity index is 545. The normalized spacial score (nSPS) is 10.3. The molecule has 1 amide bonds. The maximum Gasteiger partial charge on any atom is 0.338 e. The molecule has 0 heterocycles. The van der Waals surface area contributed by atoms with Crippen LogP contribution in [0.1, 0.15) is 24.2 Å². The van der Waals surface area contributed by atoms with Crippen LogP contribution < -0.4 is 14.8 Å². The molecule has 0 bridgehead atoms. The Balaban J connectivity index is 2.70. The molecule has 122 valence electrons. The Labute approximate surface area is 134 Å². The van der Waals surface area contributed by atoms with Gasteiger partial charge in [0.1, 0.15) is 0 Å². The van der Waals surface area contributed by atoms with Gasteiger partial charge in [0.25, 0.3) is 5.91 Å².